The number of halogens is 1. The summed E-state index contributed by atoms with van der Waals surface area (Å²) < 4.78 is 24.6. The number of benzene rings is 1. The van der Waals surface area contributed by atoms with Gasteiger partial charge in [0.1, 0.15) is 11.6 Å². The van der Waals surface area contributed by atoms with Crippen LogP contribution in [-0.2, 0) is 4.74 Å². The lowest BCUT2D eigenvalue weighted by Crippen LogP contribution is -2.32. The molecular formula is C15H24FNO2. The largest absolute Gasteiger partial charge is 0.496 e. The Kier molecular flexibility index (Phi) is 6.81. The Labute approximate surface area is 115 Å². The zero-order valence-corrected chi connectivity index (χ0v) is 12.2. The molecule has 0 bridgehead atoms. The number of methoxy groups -OCH3 is 1. The Balaban J connectivity index is 3.08. The molecule has 0 saturated carbocycles. The summed E-state index contributed by atoms with van der Waals surface area (Å²) in [6, 6.07) is 4.50. The first-order valence-electron chi connectivity index (χ1n) is 6.80. The number of ether oxygens (including phenoxy) is 2. The van der Waals surface area contributed by atoms with Gasteiger partial charge in [-0.3, -0.25) is 0 Å². The Bertz CT molecular complexity index is 378. The number of rotatable bonds is 8. The van der Waals surface area contributed by atoms with E-state index in [0.29, 0.717) is 12.4 Å². The van der Waals surface area contributed by atoms with Crippen LogP contribution >= 0.6 is 0 Å². The fraction of sp³-hybridized carbons (Fsp3) is 0.600. The highest BCUT2D eigenvalue weighted by Crippen LogP contribution is 2.30. The summed E-state index contributed by atoms with van der Waals surface area (Å²) in [6.07, 6.45) is 1.94. The Morgan fingerprint density at radius 1 is 1.32 bits per heavy atom. The Hall–Kier alpha value is -1.13. The molecule has 1 rings (SSSR count). The maximum Gasteiger partial charge on any atom is 0.123 e. The third-order valence-corrected chi connectivity index (χ3v) is 3.16. The first kappa shape index (κ1) is 15.9. The van der Waals surface area contributed by atoms with E-state index in [9.17, 15) is 4.39 Å². The van der Waals surface area contributed by atoms with Gasteiger partial charge in [0.2, 0.25) is 0 Å². The molecule has 0 aliphatic rings. The van der Waals surface area contributed by atoms with Crippen molar-refractivity contribution in [3.05, 3.63) is 29.6 Å². The molecule has 3 nitrogen and oxygen atoms in total. The van der Waals surface area contributed by atoms with E-state index in [1.54, 1.807) is 13.2 Å². The molecule has 1 aromatic rings. The first-order valence-corrected chi connectivity index (χ1v) is 6.80. The highest BCUT2D eigenvalue weighted by Gasteiger charge is 2.24. The minimum atomic E-state index is -0.261. The first-order chi connectivity index (χ1) is 9.17. The van der Waals surface area contributed by atoms with Crippen molar-refractivity contribution in [3.63, 3.8) is 0 Å². The van der Waals surface area contributed by atoms with Crippen molar-refractivity contribution in [2.45, 2.75) is 38.8 Å². The lowest BCUT2D eigenvalue weighted by molar-refractivity contribution is 0.0289. The van der Waals surface area contributed by atoms with Gasteiger partial charge in [0, 0.05) is 12.2 Å². The minimum Gasteiger partial charge on any atom is -0.496 e. The second kappa shape index (κ2) is 8.12. The molecule has 0 amide bonds. The summed E-state index contributed by atoms with van der Waals surface area (Å²) in [7, 11) is 3.45. The number of likely N-dealkylation sites (N-methyl/N-ethyl adjacent to an activating group) is 1. The molecule has 108 valence electrons. The van der Waals surface area contributed by atoms with Gasteiger partial charge in [-0.2, -0.15) is 0 Å². The molecule has 1 N–H and O–H groups in total. The normalized spacial score (nSPS) is 14.2. The molecule has 0 saturated heterocycles. The van der Waals surface area contributed by atoms with Crippen molar-refractivity contribution in [2.75, 3.05) is 20.8 Å². The van der Waals surface area contributed by atoms with E-state index in [4.69, 9.17) is 9.47 Å². The monoisotopic (exact) mass is 269 g/mol. The maximum absolute atomic E-state index is 13.5. The van der Waals surface area contributed by atoms with Crippen molar-refractivity contribution in [3.8, 4) is 5.75 Å². The number of nitrogens with one attached hydrogen (secondary N) is 1. The molecule has 19 heavy (non-hydrogen) atoms. The molecule has 2 atom stereocenters. The molecule has 0 radical (unpaired) electrons. The van der Waals surface area contributed by atoms with Gasteiger partial charge in [0.15, 0.2) is 0 Å². The van der Waals surface area contributed by atoms with E-state index in [2.05, 4.69) is 12.2 Å². The summed E-state index contributed by atoms with van der Waals surface area (Å²) in [5, 5.41) is 3.22. The van der Waals surface area contributed by atoms with Crippen molar-refractivity contribution in [2.24, 2.45) is 0 Å². The van der Waals surface area contributed by atoms with Crippen LogP contribution in [0.2, 0.25) is 0 Å². The van der Waals surface area contributed by atoms with Gasteiger partial charge in [-0.1, -0.05) is 13.3 Å². The fourth-order valence-electron chi connectivity index (χ4n) is 2.33. The molecule has 0 heterocycles. The quantitative estimate of drug-likeness (QED) is 0.785. The molecular weight excluding hydrogens is 245 g/mol. The minimum absolute atomic E-state index is 0.00991. The number of hydrogen-bond acceptors (Lipinski definition) is 3. The van der Waals surface area contributed by atoms with E-state index < -0.39 is 0 Å². The van der Waals surface area contributed by atoms with Crippen LogP contribution in [0.4, 0.5) is 4.39 Å². The van der Waals surface area contributed by atoms with Crippen LogP contribution < -0.4 is 10.1 Å². The van der Waals surface area contributed by atoms with Crippen LogP contribution in [0.25, 0.3) is 0 Å². The highest BCUT2D eigenvalue weighted by atomic mass is 19.1. The zero-order valence-electron chi connectivity index (χ0n) is 12.2. The third-order valence-electron chi connectivity index (χ3n) is 3.16. The predicted molar refractivity (Wildman–Crippen MR) is 75.1 cm³/mol. The van der Waals surface area contributed by atoms with Gasteiger partial charge in [-0.25, -0.2) is 4.39 Å². The second-order valence-corrected chi connectivity index (χ2v) is 4.44. The van der Waals surface area contributed by atoms with Gasteiger partial charge in [0.05, 0.1) is 19.3 Å². The highest BCUT2D eigenvalue weighted by molar-refractivity contribution is 5.37. The van der Waals surface area contributed by atoms with E-state index in [1.165, 1.54) is 12.1 Å². The molecule has 0 aromatic heterocycles. The van der Waals surface area contributed by atoms with E-state index in [-0.39, 0.29) is 18.0 Å². The van der Waals surface area contributed by atoms with Crippen LogP contribution in [0.1, 0.15) is 38.3 Å². The summed E-state index contributed by atoms with van der Waals surface area (Å²) in [5.41, 5.74) is 0.803. The fourth-order valence-corrected chi connectivity index (χ4v) is 2.33. The van der Waals surface area contributed by atoms with E-state index in [1.807, 2.05) is 14.0 Å². The van der Waals surface area contributed by atoms with Crippen molar-refractivity contribution < 1.29 is 13.9 Å². The summed E-state index contributed by atoms with van der Waals surface area (Å²) in [6.45, 7) is 4.72. The van der Waals surface area contributed by atoms with Crippen molar-refractivity contribution in [1.82, 2.24) is 5.32 Å². The smallest absolute Gasteiger partial charge is 0.123 e. The van der Waals surface area contributed by atoms with E-state index >= 15 is 0 Å². The topological polar surface area (TPSA) is 30.5 Å². The van der Waals surface area contributed by atoms with Crippen LogP contribution in [0, 0.1) is 5.82 Å². The van der Waals surface area contributed by atoms with Gasteiger partial charge in [-0.05, 0) is 38.6 Å². The summed E-state index contributed by atoms with van der Waals surface area (Å²) in [5.74, 6) is 0.421. The van der Waals surface area contributed by atoms with Crippen LogP contribution in [0.15, 0.2) is 18.2 Å². The van der Waals surface area contributed by atoms with Gasteiger partial charge >= 0.3 is 0 Å². The van der Waals surface area contributed by atoms with Crippen LogP contribution in [0.5, 0.6) is 5.75 Å². The van der Waals surface area contributed by atoms with Crippen LogP contribution in [0.3, 0.4) is 0 Å². The van der Waals surface area contributed by atoms with Gasteiger partial charge < -0.3 is 14.8 Å². The molecule has 0 aliphatic heterocycles. The zero-order chi connectivity index (χ0) is 14.3. The second-order valence-electron chi connectivity index (χ2n) is 4.44. The molecule has 4 heteroatoms. The van der Waals surface area contributed by atoms with E-state index in [0.717, 1.165) is 18.4 Å². The standard InChI is InChI=1S/C15H24FNO2/c1-5-7-14(19-6-2)15(17-3)12-10-11(16)8-9-13(12)18-4/h8-10,14-15,17H,5-7H2,1-4H3. The van der Waals surface area contributed by atoms with Gasteiger partial charge in [0.25, 0.3) is 0 Å². The molecule has 0 aliphatic carbocycles. The molecule has 1 aromatic carbocycles. The molecule has 0 fully saturated rings. The SMILES string of the molecule is CCCC(OCC)C(NC)c1cc(F)ccc1OC. The lowest BCUT2D eigenvalue weighted by atomic mass is 9.97. The maximum atomic E-state index is 13.5. The molecule has 0 spiro atoms. The summed E-state index contributed by atoms with van der Waals surface area (Å²) in [4.78, 5) is 0. The van der Waals surface area contributed by atoms with Gasteiger partial charge in [-0.15, -0.1) is 0 Å². The number of hydrogen-bond donors (Lipinski definition) is 1. The average molecular weight is 269 g/mol. The molecule has 2 unspecified atom stereocenters. The Morgan fingerprint density at radius 3 is 2.58 bits per heavy atom. The van der Waals surface area contributed by atoms with Crippen LogP contribution in [-0.4, -0.2) is 26.9 Å². The third kappa shape index (κ3) is 4.18. The average Bonchev–Trinajstić information content (AvgIpc) is 2.40. The summed E-state index contributed by atoms with van der Waals surface area (Å²) >= 11 is 0. The predicted octanol–water partition coefficient (Wildman–Crippen LogP) is 3.30. The van der Waals surface area contributed by atoms with Crippen molar-refractivity contribution >= 4 is 0 Å². The lowest BCUT2D eigenvalue weighted by Gasteiger charge is -2.28. The van der Waals surface area contributed by atoms with Crippen molar-refractivity contribution in [1.29, 1.82) is 0 Å². The Morgan fingerprint density at radius 2 is 2.05 bits per heavy atom.